The Hall–Kier alpha value is -9.50. The van der Waals surface area contributed by atoms with Crippen molar-refractivity contribution < 1.29 is 0 Å². The number of nitrogens with zero attached hydrogens (tertiary/aromatic N) is 2. The lowest BCUT2D eigenvalue weighted by Crippen LogP contribution is -2.30. The van der Waals surface area contributed by atoms with Crippen LogP contribution in [0.25, 0.3) is 84.2 Å². The lowest BCUT2D eigenvalue weighted by molar-refractivity contribution is 0.629. The maximum atomic E-state index is 4.02. The predicted octanol–water partition coefficient (Wildman–Crippen LogP) is 19.1. The molecule has 2 heteroatoms. The first-order valence-electron chi connectivity index (χ1n) is 25.5. The third-order valence-electron chi connectivity index (χ3n) is 15.3. The normalized spacial score (nSPS) is 13.6. The van der Waals surface area contributed by atoms with E-state index in [1.165, 1.54) is 88.6 Å². The van der Waals surface area contributed by atoms with E-state index in [1.807, 2.05) is 12.2 Å². The van der Waals surface area contributed by atoms with Crippen LogP contribution in [0.15, 0.2) is 280 Å². The van der Waals surface area contributed by atoms with Crippen LogP contribution in [0.5, 0.6) is 0 Å². The molecule has 1 atom stereocenters. The van der Waals surface area contributed by atoms with Crippen molar-refractivity contribution in [3.05, 3.63) is 313 Å². The standard InChI is InChI=1S/C72H52N2/c1-3-50-24-26-52(27-25-50)49-72(59-16-8-5-9-17-59)68-23-15-14-22-64(68)65-43-42-63(48-69(65)72)73(60-18-10-6-11-19-60)62-40-36-54(37-41-62)53-32-34-56(35-33-53)58-39-45-71-67(47-58)66-46-57(55-30-28-51(4-2)29-31-55)38-44-70(66)74(71)61-20-12-7-13-21-61/h3-48H,1-2,49H2. The summed E-state index contributed by atoms with van der Waals surface area (Å²) in [5.41, 5.74) is 23.5. The molecule has 0 fully saturated rings. The minimum atomic E-state index is -0.410. The molecule has 1 aliphatic rings. The monoisotopic (exact) mass is 944 g/mol. The Morgan fingerprint density at radius 3 is 1.41 bits per heavy atom. The van der Waals surface area contributed by atoms with Gasteiger partial charge < -0.3 is 9.47 Å². The Labute approximate surface area is 433 Å². The van der Waals surface area contributed by atoms with Crippen LogP contribution >= 0.6 is 0 Å². The van der Waals surface area contributed by atoms with E-state index in [0.717, 1.165) is 40.3 Å². The highest BCUT2D eigenvalue weighted by Gasteiger charge is 2.45. The van der Waals surface area contributed by atoms with Crippen LogP contribution in [0.3, 0.4) is 0 Å². The van der Waals surface area contributed by atoms with Crippen molar-refractivity contribution in [2.24, 2.45) is 0 Å². The molecule has 1 aliphatic carbocycles. The Morgan fingerprint density at radius 2 is 0.811 bits per heavy atom. The van der Waals surface area contributed by atoms with Gasteiger partial charge in [0, 0.05) is 33.5 Å². The molecule has 350 valence electrons. The lowest BCUT2D eigenvalue weighted by Gasteiger charge is -2.34. The van der Waals surface area contributed by atoms with Crippen LogP contribution < -0.4 is 4.90 Å². The van der Waals surface area contributed by atoms with E-state index in [0.29, 0.717) is 0 Å². The summed E-state index contributed by atoms with van der Waals surface area (Å²) < 4.78 is 2.39. The van der Waals surface area contributed by atoms with Gasteiger partial charge >= 0.3 is 0 Å². The molecular weight excluding hydrogens is 893 g/mol. The minimum Gasteiger partial charge on any atom is -0.310 e. The third-order valence-corrected chi connectivity index (χ3v) is 15.3. The van der Waals surface area contributed by atoms with Crippen LogP contribution in [0.1, 0.15) is 33.4 Å². The first-order valence-corrected chi connectivity index (χ1v) is 25.5. The fourth-order valence-corrected chi connectivity index (χ4v) is 11.6. The number of aromatic nitrogens is 1. The van der Waals surface area contributed by atoms with E-state index in [4.69, 9.17) is 0 Å². The van der Waals surface area contributed by atoms with Gasteiger partial charge in [-0.25, -0.2) is 0 Å². The molecular formula is C72H52N2. The van der Waals surface area contributed by atoms with Gasteiger partial charge in [0.05, 0.1) is 16.4 Å². The molecule has 13 rings (SSSR count). The molecule has 0 radical (unpaired) electrons. The number of benzene rings is 11. The Kier molecular flexibility index (Phi) is 11.2. The van der Waals surface area contributed by atoms with Crippen LogP contribution in [0.2, 0.25) is 0 Å². The average molecular weight is 945 g/mol. The molecule has 0 aliphatic heterocycles. The van der Waals surface area contributed by atoms with Gasteiger partial charge in [0.1, 0.15) is 0 Å². The quantitative estimate of drug-likeness (QED) is 0.118. The third kappa shape index (κ3) is 7.67. The topological polar surface area (TPSA) is 8.17 Å². The molecule has 12 aromatic rings. The zero-order valence-electron chi connectivity index (χ0n) is 41.1. The molecule has 0 spiro atoms. The number of hydrogen-bond donors (Lipinski definition) is 0. The van der Waals surface area contributed by atoms with E-state index in [9.17, 15) is 0 Å². The number of rotatable bonds is 12. The number of para-hydroxylation sites is 2. The Morgan fingerprint density at radius 1 is 0.365 bits per heavy atom. The first-order chi connectivity index (χ1) is 36.6. The van der Waals surface area contributed by atoms with Crippen molar-refractivity contribution in [1.29, 1.82) is 0 Å². The second kappa shape index (κ2) is 18.6. The molecule has 2 nitrogen and oxygen atoms in total. The smallest absolute Gasteiger partial charge is 0.0541 e. The summed E-state index contributed by atoms with van der Waals surface area (Å²) in [7, 11) is 0. The Bertz CT molecular complexity index is 4020. The molecule has 74 heavy (non-hydrogen) atoms. The fraction of sp³-hybridized carbons (Fsp3) is 0.0278. The SMILES string of the molecule is C=Cc1ccc(CC2(c3ccccc3)c3ccccc3-c3ccc(N(c4ccccc4)c4ccc(-c5ccc(-c6ccc7c(c6)c6cc(-c8ccc(C=C)cc8)ccc6n7-c6ccccc6)cc5)cc4)cc32)cc1. The van der Waals surface area contributed by atoms with E-state index in [-0.39, 0.29) is 0 Å². The fourth-order valence-electron chi connectivity index (χ4n) is 11.6. The summed E-state index contributed by atoms with van der Waals surface area (Å²) in [5, 5.41) is 2.46. The van der Waals surface area contributed by atoms with Crippen molar-refractivity contribution in [1.82, 2.24) is 4.57 Å². The molecule has 1 heterocycles. The van der Waals surface area contributed by atoms with Gasteiger partial charge in [-0.1, -0.05) is 219 Å². The summed E-state index contributed by atoms with van der Waals surface area (Å²) >= 11 is 0. The highest BCUT2D eigenvalue weighted by Crippen LogP contribution is 2.55. The van der Waals surface area contributed by atoms with E-state index in [2.05, 4.69) is 290 Å². The summed E-state index contributed by atoms with van der Waals surface area (Å²) in [6.45, 7) is 7.97. The highest BCUT2D eigenvalue weighted by molar-refractivity contribution is 6.11. The molecule has 0 amide bonds. The van der Waals surface area contributed by atoms with Gasteiger partial charge in [0.25, 0.3) is 0 Å². The molecule has 1 unspecified atom stereocenters. The lowest BCUT2D eigenvalue weighted by atomic mass is 9.68. The van der Waals surface area contributed by atoms with Gasteiger partial charge in [-0.3, -0.25) is 0 Å². The predicted molar refractivity (Wildman–Crippen MR) is 314 cm³/mol. The van der Waals surface area contributed by atoms with Gasteiger partial charge in [-0.15, -0.1) is 0 Å². The summed E-state index contributed by atoms with van der Waals surface area (Å²) in [5.74, 6) is 0. The first kappa shape index (κ1) is 44.4. The maximum absolute atomic E-state index is 4.02. The number of hydrogen-bond acceptors (Lipinski definition) is 1. The van der Waals surface area contributed by atoms with Gasteiger partial charge in [-0.2, -0.15) is 0 Å². The molecule has 0 saturated heterocycles. The summed E-state index contributed by atoms with van der Waals surface area (Å²) in [6.07, 6.45) is 4.63. The molecule has 11 aromatic carbocycles. The van der Waals surface area contributed by atoms with Gasteiger partial charge in [0.2, 0.25) is 0 Å². The summed E-state index contributed by atoms with van der Waals surface area (Å²) in [4.78, 5) is 2.40. The molecule has 0 bridgehead atoms. The molecule has 1 aromatic heterocycles. The largest absolute Gasteiger partial charge is 0.310 e. The highest BCUT2D eigenvalue weighted by atomic mass is 15.1. The maximum Gasteiger partial charge on any atom is 0.0541 e. The second-order valence-electron chi connectivity index (χ2n) is 19.4. The van der Waals surface area contributed by atoms with E-state index in [1.54, 1.807) is 0 Å². The molecule has 0 saturated carbocycles. The second-order valence-corrected chi connectivity index (χ2v) is 19.4. The van der Waals surface area contributed by atoms with E-state index >= 15 is 0 Å². The Balaban J connectivity index is 0.855. The van der Waals surface area contributed by atoms with Gasteiger partial charge in [0.15, 0.2) is 0 Å². The van der Waals surface area contributed by atoms with Crippen LogP contribution in [0, 0.1) is 0 Å². The van der Waals surface area contributed by atoms with Crippen molar-refractivity contribution in [2.75, 3.05) is 4.90 Å². The average Bonchev–Trinajstić information content (AvgIpc) is 3.95. The summed E-state index contributed by atoms with van der Waals surface area (Å²) in [6, 6.07) is 98.0. The van der Waals surface area contributed by atoms with Crippen LogP contribution in [-0.2, 0) is 11.8 Å². The zero-order chi connectivity index (χ0) is 49.6. The molecule has 0 N–H and O–H groups in total. The van der Waals surface area contributed by atoms with Gasteiger partial charge in [-0.05, 0) is 157 Å². The van der Waals surface area contributed by atoms with Crippen molar-refractivity contribution in [3.8, 4) is 50.2 Å². The zero-order valence-corrected chi connectivity index (χ0v) is 41.1. The number of anilines is 3. The van der Waals surface area contributed by atoms with E-state index < -0.39 is 5.41 Å². The minimum absolute atomic E-state index is 0.410. The number of fused-ring (bicyclic) bond motifs is 6. The van der Waals surface area contributed by atoms with Crippen molar-refractivity contribution in [3.63, 3.8) is 0 Å². The van der Waals surface area contributed by atoms with Crippen LogP contribution in [0.4, 0.5) is 17.1 Å². The van der Waals surface area contributed by atoms with Crippen molar-refractivity contribution >= 4 is 51.0 Å². The van der Waals surface area contributed by atoms with Crippen molar-refractivity contribution in [2.45, 2.75) is 11.8 Å². The van der Waals surface area contributed by atoms with Crippen LogP contribution in [-0.4, -0.2) is 4.57 Å².